The van der Waals surface area contributed by atoms with Gasteiger partial charge in [-0.05, 0) is 39.3 Å². The molecule has 130 valence electrons. The number of carbonyl (C=O) groups is 1. The summed E-state index contributed by atoms with van der Waals surface area (Å²) >= 11 is 0. The lowest BCUT2D eigenvalue weighted by molar-refractivity contribution is 0.0277. The zero-order valence-electron chi connectivity index (χ0n) is 14.6. The number of nitrogens with one attached hydrogen (secondary N) is 1. The van der Waals surface area contributed by atoms with Crippen LogP contribution in [0.4, 0.5) is 4.79 Å². The van der Waals surface area contributed by atoms with Crippen molar-refractivity contribution in [1.29, 1.82) is 0 Å². The van der Waals surface area contributed by atoms with Crippen molar-refractivity contribution in [3.63, 3.8) is 0 Å². The Morgan fingerprint density at radius 2 is 2.00 bits per heavy atom. The van der Waals surface area contributed by atoms with E-state index in [1.54, 1.807) is 24.1 Å². The van der Waals surface area contributed by atoms with E-state index in [1.165, 1.54) is 6.07 Å². The molecule has 0 saturated heterocycles. The number of amides is 1. The van der Waals surface area contributed by atoms with Gasteiger partial charge in [-0.15, -0.1) is 0 Å². The van der Waals surface area contributed by atoms with E-state index in [9.17, 15) is 15.0 Å². The molecule has 0 spiro atoms. The predicted octanol–water partition coefficient (Wildman–Crippen LogP) is 2.69. The molecule has 0 radical (unpaired) electrons. The molecular weight excluding hydrogens is 296 g/mol. The molecule has 0 fully saturated rings. The van der Waals surface area contributed by atoms with E-state index in [0.717, 1.165) is 0 Å². The third kappa shape index (κ3) is 6.78. The van der Waals surface area contributed by atoms with Crippen molar-refractivity contribution in [2.75, 3.05) is 20.1 Å². The van der Waals surface area contributed by atoms with Gasteiger partial charge in [0, 0.05) is 25.7 Å². The summed E-state index contributed by atoms with van der Waals surface area (Å²) in [6.45, 7) is 9.22. The third-order valence-corrected chi connectivity index (χ3v) is 3.20. The van der Waals surface area contributed by atoms with Crippen LogP contribution in [0.1, 0.15) is 33.3 Å². The van der Waals surface area contributed by atoms with Crippen LogP contribution in [0.5, 0.6) is 11.5 Å². The molecule has 3 N–H and O–H groups in total. The van der Waals surface area contributed by atoms with E-state index in [1.807, 2.05) is 27.7 Å². The Balaban J connectivity index is 2.38. The molecule has 0 aromatic heterocycles. The van der Waals surface area contributed by atoms with Crippen molar-refractivity contribution >= 4 is 6.09 Å². The quantitative estimate of drug-likeness (QED) is 0.701. The second kappa shape index (κ2) is 8.06. The first-order valence-electron chi connectivity index (χ1n) is 7.75. The van der Waals surface area contributed by atoms with Crippen molar-refractivity contribution in [3.05, 3.63) is 23.8 Å². The summed E-state index contributed by atoms with van der Waals surface area (Å²) in [6, 6.07) is 4.88. The van der Waals surface area contributed by atoms with Gasteiger partial charge in [-0.3, -0.25) is 0 Å². The van der Waals surface area contributed by atoms with Crippen molar-refractivity contribution in [2.24, 2.45) is 5.92 Å². The number of nitrogens with zero attached hydrogens (tertiary/aromatic N) is 1. The summed E-state index contributed by atoms with van der Waals surface area (Å²) in [7, 11) is 1.71. The summed E-state index contributed by atoms with van der Waals surface area (Å²) in [5.41, 5.74) is 0.136. The average Bonchev–Trinajstić information content (AvgIpc) is 2.41. The van der Waals surface area contributed by atoms with Crippen molar-refractivity contribution in [3.8, 4) is 11.5 Å². The lowest BCUT2D eigenvalue weighted by atomic mass is 10.1. The zero-order valence-corrected chi connectivity index (χ0v) is 14.6. The lowest BCUT2D eigenvalue weighted by Gasteiger charge is -2.26. The highest BCUT2D eigenvalue weighted by Crippen LogP contribution is 2.27. The number of para-hydroxylation sites is 1. The smallest absolute Gasteiger partial charge is 0.410 e. The van der Waals surface area contributed by atoms with E-state index in [4.69, 9.17) is 4.74 Å². The van der Waals surface area contributed by atoms with Gasteiger partial charge in [0.05, 0.1) is 0 Å². The predicted molar refractivity (Wildman–Crippen MR) is 89.5 cm³/mol. The van der Waals surface area contributed by atoms with Crippen molar-refractivity contribution in [2.45, 2.75) is 39.8 Å². The summed E-state index contributed by atoms with van der Waals surface area (Å²) in [4.78, 5) is 13.5. The van der Waals surface area contributed by atoms with Crippen LogP contribution in [0.3, 0.4) is 0 Å². The van der Waals surface area contributed by atoms with Crippen LogP contribution in [0.2, 0.25) is 0 Å². The lowest BCUT2D eigenvalue weighted by Crippen LogP contribution is -2.38. The monoisotopic (exact) mass is 324 g/mol. The fourth-order valence-electron chi connectivity index (χ4n) is 2.12. The van der Waals surface area contributed by atoms with Crippen molar-refractivity contribution in [1.82, 2.24) is 10.2 Å². The summed E-state index contributed by atoms with van der Waals surface area (Å²) in [5.74, 6) is -0.00694. The van der Waals surface area contributed by atoms with Crippen LogP contribution in [-0.2, 0) is 11.3 Å². The highest BCUT2D eigenvalue weighted by atomic mass is 16.6. The van der Waals surface area contributed by atoms with E-state index >= 15 is 0 Å². The van der Waals surface area contributed by atoms with Crippen molar-refractivity contribution < 1.29 is 19.7 Å². The second-order valence-corrected chi connectivity index (χ2v) is 6.88. The summed E-state index contributed by atoms with van der Waals surface area (Å²) in [6.07, 6.45) is -0.338. The molecule has 1 unspecified atom stereocenters. The van der Waals surface area contributed by atoms with Crippen LogP contribution in [-0.4, -0.2) is 46.9 Å². The van der Waals surface area contributed by atoms with Gasteiger partial charge in [0.25, 0.3) is 0 Å². The molecule has 6 nitrogen and oxygen atoms in total. The van der Waals surface area contributed by atoms with Gasteiger partial charge in [0.1, 0.15) is 5.60 Å². The van der Waals surface area contributed by atoms with Crippen LogP contribution in [0.15, 0.2) is 18.2 Å². The molecule has 6 heteroatoms. The zero-order chi connectivity index (χ0) is 17.6. The van der Waals surface area contributed by atoms with E-state index in [2.05, 4.69) is 5.32 Å². The van der Waals surface area contributed by atoms with Crippen LogP contribution < -0.4 is 5.32 Å². The summed E-state index contributed by atoms with van der Waals surface area (Å²) in [5, 5.41) is 22.4. The van der Waals surface area contributed by atoms with Gasteiger partial charge in [0.2, 0.25) is 0 Å². The standard InChI is InChI=1S/C17H28N2O4/c1-12(11-19(5)16(22)23-17(2,3)4)9-18-10-13-7-6-8-14(20)15(13)21/h6-8,12,18,20-21H,9-11H2,1-5H3. The number of aromatic hydroxyl groups is 2. The number of rotatable bonds is 6. The van der Waals surface area contributed by atoms with Gasteiger partial charge in [-0.25, -0.2) is 4.79 Å². The molecule has 0 saturated carbocycles. The second-order valence-electron chi connectivity index (χ2n) is 6.88. The first-order valence-corrected chi connectivity index (χ1v) is 7.75. The number of ether oxygens (including phenoxy) is 1. The third-order valence-electron chi connectivity index (χ3n) is 3.20. The van der Waals surface area contributed by atoms with Gasteiger partial charge in [-0.1, -0.05) is 19.1 Å². The largest absolute Gasteiger partial charge is 0.504 e. The molecular formula is C17H28N2O4. The molecule has 0 heterocycles. The molecule has 1 aromatic carbocycles. The molecule has 0 aliphatic rings. The minimum Gasteiger partial charge on any atom is -0.504 e. The topological polar surface area (TPSA) is 82.0 Å². The number of carbonyl (C=O) groups excluding carboxylic acids is 1. The normalized spacial score (nSPS) is 12.7. The van der Waals surface area contributed by atoms with E-state index < -0.39 is 5.60 Å². The number of hydrogen-bond acceptors (Lipinski definition) is 5. The van der Waals surface area contributed by atoms with Crippen LogP contribution >= 0.6 is 0 Å². The van der Waals surface area contributed by atoms with E-state index in [0.29, 0.717) is 25.2 Å². The fourth-order valence-corrected chi connectivity index (χ4v) is 2.12. The molecule has 0 bridgehead atoms. The Kier molecular flexibility index (Phi) is 6.69. The molecule has 0 aliphatic carbocycles. The van der Waals surface area contributed by atoms with Crippen LogP contribution in [0.25, 0.3) is 0 Å². The average molecular weight is 324 g/mol. The minimum atomic E-state index is -0.500. The Hall–Kier alpha value is -1.95. The Labute approximate surface area is 138 Å². The number of hydrogen-bond donors (Lipinski definition) is 3. The molecule has 23 heavy (non-hydrogen) atoms. The fraction of sp³-hybridized carbons (Fsp3) is 0.588. The van der Waals surface area contributed by atoms with Gasteiger partial charge in [-0.2, -0.15) is 0 Å². The maximum absolute atomic E-state index is 11.9. The molecule has 0 aliphatic heterocycles. The maximum Gasteiger partial charge on any atom is 0.410 e. The number of phenolic OH excluding ortho intramolecular Hbond substituents is 2. The van der Waals surface area contributed by atoms with Crippen LogP contribution in [0, 0.1) is 5.92 Å². The maximum atomic E-state index is 11.9. The van der Waals surface area contributed by atoms with Gasteiger partial charge >= 0.3 is 6.09 Å². The first kappa shape index (κ1) is 19.1. The highest BCUT2D eigenvalue weighted by Gasteiger charge is 2.20. The number of phenols is 2. The Bertz CT molecular complexity index is 526. The Morgan fingerprint density at radius 3 is 2.61 bits per heavy atom. The molecule has 1 atom stereocenters. The SMILES string of the molecule is CC(CNCc1cccc(O)c1O)CN(C)C(=O)OC(C)(C)C. The Morgan fingerprint density at radius 1 is 1.35 bits per heavy atom. The van der Waals surface area contributed by atoms with Gasteiger partial charge in [0.15, 0.2) is 11.5 Å². The molecule has 1 aromatic rings. The van der Waals surface area contributed by atoms with E-state index in [-0.39, 0.29) is 23.5 Å². The molecule has 1 rings (SSSR count). The molecule has 1 amide bonds. The minimum absolute atomic E-state index is 0.0986. The highest BCUT2D eigenvalue weighted by molar-refractivity contribution is 5.67. The first-order chi connectivity index (χ1) is 10.6. The summed E-state index contributed by atoms with van der Waals surface area (Å²) < 4.78 is 5.31. The van der Waals surface area contributed by atoms with Gasteiger partial charge < -0.3 is 25.2 Å². The number of benzene rings is 1.